The largest absolute Gasteiger partial charge is 0.493 e. The predicted molar refractivity (Wildman–Crippen MR) is 200 cm³/mol. The van der Waals surface area contributed by atoms with Gasteiger partial charge in [-0.05, 0) is 80.3 Å². The Morgan fingerprint density at radius 1 is 0.577 bits per heavy atom. The minimum Gasteiger partial charge on any atom is -0.493 e. The van der Waals surface area contributed by atoms with Gasteiger partial charge in [0.15, 0.2) is 29.1 Å². The minimum atomic E-state index is -0.624. The second-order valence-corrected chi connectivity index (χ2v) is 11.0. The molecule has 0 aliphatic heterocycles. The monoisotopic (exact) mass is 714 g/mol. The molecule has 0 aromatic heterocycles. The summed E-state index contributed by atoms with van der Waals surface area (Å²) in [4.78, 5) is 24.0. The Balaban J connectivity index is 0.000000280. The van der Waals surface area contributed by atoms with E-state index in [1.165, 1.54) is 0 Å². The number of esters is 2. The molecule has 0 amide bonds. The lowest BCUT2D eigenvalue weighted by atomic mass is 10.1. The Bertz CT molecular complexity index is 1670. The molecule has 1 atom stereocenters. The summed E-state index contributed by atoms with van der Waals surface area (Å²) in [6.07, 6.45) is 1.42. The highest BCUT2D eigenvalue weighted by molar-refractivity contribution is 5.91. The number of carbonyl (C=O) groups excluding carboxylic acids is 2. The van der Waals surface area contributed by atoms with Crippen molar-refractivity contribution in [3.63, 3.8) is 0 Å². The molecule has 0 radical (unpaired) electrons. The van der Waals surface area contributed by atoms with E-state index in [2.05, 4.69) is 0 Å². The maximum atomic E-state index is 12.0. The fourth-order valence-corrected chi connectivity index (χ4v) is 4.85. The van der Waals surface area contributed by atoms with Crippen molar-refractivity contribution in [3.05, 3.63) is 125 Å². The summed E-state index contributed by atoms with van der Waals surface area (Å²) >= 11 is 0. The average Bonchev–Trinajstić information content (AvgIpc) is 3.17. The number of methoxy groups -OCH3 is 2. The van der Waals surface area contributed by atoms with Gasteiger partial charge >= 0.3 is 11.9 Å². The van der Waals surface area contributed by atoms with Crippen LogP contribution in [-0.2, 0) is 48.2 Å². The lowest BCUT2D eigenvalue weighted by Crippen LogP contribution is -2.29. The van der Waals surface area contributed by atoms with Gasteiger partial charge in [-0.25, -0.2) is 9.59 Å². The third-order valence-corrected chi connectivity index (χ3v) is 7.30. The van der Waals surface area contributed by atoms with Gasteiger partial charge in [-0.15, -0.1) is 0 Å². The van der Waals surface area contributed by atoms with Crippen molar-refractivity contribution in [2.45, 2.75) is 53.4 Å². The number of benzene rings is 4. The van der Waals surface area contributed by atoms with Crippen molar-refractivity contribution < 1.29 is 47.5 Å². The number of carbonyl (C=O) groups is 2. The van der Waals surface area contributed by atoms with Crippen molar-refractivity contribution in [1.29, 1.82) is 0 Å². The van der Waals surface area contributed by atoms with Crippen LogP contribution < -0.4 is 18.9 Å². The lowest BCUT2D eigenvalue weighted by molar-refractivity contribution is -0.156. The number of ether oxygens (including phenoxy) is 8. The molecule has 0 fully saturated rings. The first-order valence-corrected chi connectivity index (χ1v) is 17.3. The summed E-state index contributed by atoms with van der Waals surface area (Å²) in [5.41, 5.74) is 3.82. The zero-order valence-electron chi connectivity index (χ0n) is 30.9. The smallest absolute Gasteiger partial charge is 0.373 e. The molecule has 4 aromatic carbocycles. The maximum Gasteiger partial charge on any atom is 0.373 e. The molecule has 278 valence electrons. The number of rotatable bonds is 19. The molecule has 10 nitrogen and oxygen atoms in total. The Morgan fingerprint density at radius 3 is 1.63 bits per heavy atom. The molecule has 0 aliphatic carbocycles. The maximum absolute atomic E-state index is 12.0. The van der Waals surface area contributed by atoms with Gasteiger partial charge in [-0.1, -0.05) is 72.8 Å². The highest BCUT2D eigenvalue weighted by Gasteiger charge is 2.21. The van der Waals surface area contributed by atoms with E-state index >= 15 is 0 Å². The predicted octanol–water partition coefficient (Wildman–Crippen LogP) is 8.00. The Kier molecular flexibility index (Phi) is 18.2. The van der Waals surface area contributed by atoms with E-state index in [1.807, 2.05) is 105 Å². The van der Waals surface area contributed by atoms with Crippen molar-refractivity contribution in [2.75, 3.05) is 40.6 Å². The zero-order valence-corrected chi connectivity index (χ0v) is 30.9. The molecule has 0 spiro atoms. The quantitative estimate of drug-likeness (QED) is 0.0539. The van der Waals surface area contributed by atoms with Gasteiger partial charge < -0.3 is 37.9 Å². The molecule has 0 heterocycles. The van der Waals surface area contributed by atoms with Crippen LogP contribution in [0.5, 0.6) is 23.0 Å². The molecule has 0 saturated carbocycles. The molecule has 4 rings (SSSR count). The minimum absolute atomic E-state index is 0.161. The van der Waals surface area contributed by atoms with Gasteiger partial charge in [-0.3, -0.25) is 0 Å². The molecular weight excluding hydrogens is 664 g/mol. The Hall–Kier alpha value is -5.48. The molecule has 4 aromatic rings. The Morgan fingerprint density at radius 2 is 1.12 bits per heavy atom. The Labute approximate surface area is 307 Å². The van der Waals surface area contributed by atoms with E-state index in [0.29, 0.717) is 69.1 Å². The summed E-state index contributed by atoms with van der Waals surface area (Å²) < 4.78 is 43.5. The van der Waals surface area contributed by atoms with Crippen LogP contribution in [0.3, 0.4) is 0 Å². The highest BCUT2D eigenvalue weighted by Crippen LogP contribution is 2.31. The SMILES string of the molecule is CCOC(=O)C(=Cc1ccc(OCc2ccccc2)c(OC)c1)OCC.CCOC(=O)C(Cc1ccc(OCc2ccccc2)c(OC)c1)OCC. The summed E-state index contributed by atoms with van der Waals surface area (Å²) in [5, 5.41) is 0. The fraction of sp³-hybridized carbons (Fsp3) is 0.333. The van der Waals surface area contributed by atoms with E-state index in [1.54, 1.807) is 40.2 Å². The van der Waals surface area contributed by atoms with Crippen LogP contribution in [0.25, 0.3) is 6.08 Å². The van der Waals surface area contributed by atoms with Crippen molar-refractivity contribution in [3.8, 4) is 23.0 Å². The normalized spacial score (nSPS) is 11.3. The highest BCUT2D eigenvalue weighted by atomic mass is 16.6. The zero-order chi connectivity index (χ0) is 37.6. The topological polar surface area (TPSA) is 108 Å². The standard InChI is InChI=1S/C21H26O5.C21H24O5/c2*1-4-24-20(21(22)25-5-2)14-17-11-12-18(19(13-17)23-3)26-15-16-9-7-6-8-10-16/h6-13,20H,4-5,14-15H2,1-3H3;6-14H,4-5,15H2,1-3H3. The average molecular weight is 715 g/mol. The van der Waals surface area contributed by atoms with Gasteiger partial charge in [0, 0.05) is 13.0 Å². The summed E-state index contributed by atoms with van der Waals surface area (Å²) in [7, 11) is 3.17. The third-order valence-electron chi connectivity index (χ3n) is 7.30. The van der Waals surface area contributed by atoms with Crippen molar-refractivity contribution in [2.24, 2.45) is 0 Å². The number of hydrogen-bond acceptors (Lipinski definition) is 10. The second kappa shape index (κ2) is 23.1. The number of hydrogen-bond donors (Lipinski definition) is 0. The summed E-state index contributed by atoms with van der Waals surface area (Å²) in [5.74, 6) is 1.81. The van der Waals surface area contributed by atoms with E-state index in [0.717, 1.165) is 22.3 Å². The van der Waals surface area contributed by atoms with Crippen molar-refractivity contribution in [1.82, 2.24) is 0 Å². The van der Waals surface area contributed by atoms with Crippen LogP contribution in [0.15, 0.2) is 103 Å². The van der Waals surface area contributed by atoms with Gasteiger partial charge in [0.2, 0.25) is 5.76 Å². The molecule has 0 aliphatic rings. The molecular formula is C42H50O10. The first-order valence-electron chi connectivity index (χ1n) is 17.3. The fourth-order valence-electron chi connectivity index (χ4n) is 4.85. The van der Waals surface area contributed by atoms with Crippen molar-refractivity contribution >= 4 is 18.0 Å². The molecule has 1 unspecified atom stereocenters. The third kappa shape index (κ3) is 13.7. The van der Waals surface area contributed by atoms with Crippen LogP contribution in [0.1, 0.15) is 49.9 Å². The van der Waals surface area contributed by atoms with Crippen LogP contribution >= 0.6 is 0 Å². The van der Waals surface area contributed by atoms with E-state index in [9.17, 15) is 9.59 Å². The molecule has 0 saturated heterocycles. The summed E-state index contributed by atoms with van der Waals surface area (Å²) in [6, 6.07) is 30.9. The molecule has 52 heavy (non-hydrogen) atoms. The van der Waals surface area contributed by atoms with Crippen LogP contribution in [0.2, 0.25) is 0 Å². The summed E-state index contributed by atoms with van der Waals surface area (Å²) in [6.45, 7) is 9.55. The first-order chi connectivity index (χ1) is 25.3. The van der Waals surface area contributed by atoms with Gasteiger partial charge in [0.25, 0.3) is 0 Å². The molecule has 0 N–H and O–H groups in total. The van der Waals surface area contributed by atoms with Gasteiger partial charge in [0.1, 0.15) is 13.2 Å². The van der Waals surface area contributed by atoms with Crippen LogP contribution in [0.4, 0.5) is 0 Å². The van der Waals surface area contributed by atoms with E-state index in [4.69, 9.17) is 37.9 Å². The van der Waals surface area contributed by atoms with E-state index in [-0.39, 0.29) is 11.7 Å². The molecule has 0 bridgehead atoms. The van der Waals surface area contributed by atoms with Gasteiger partial charge in [0.05, 0.1) is 34.0 Å². The first kappa shape index (κ1) is 40.9. The second-order valence-electron chi connectivity index (χ2n) is 11.0. The lowest BCUT2D eigenvalue weighted by Gasteiger charge is -2.17. The molecule has 10 heteroatoms. The van der Waals surface area contributed by atoms with Crippen LogP contribution in [0, 0.1) is 0 Å². The van der Waals surface area contributed by atoms with Gasteiger partial charge in [-0.2, -0.15) is 0 Å². The van der Waals surface area contributed by atoms with Crippen LogP contribution in [-0.4, -0.2) is 58.7 Å². The van der Waals surface area contributed by atoms with E-state index < -0.39 is 12.1 Å².